The van der Waals surface area contributed by atoms with Crippen molar-refractivity contribution in [2.75, 3.05) is 13.1 Å². The average Bonchev–Trinajstić information content (AvgIpc) is 2.69. The fourth-order valence-corrected chi connectivity index (χ4v) is 3.43. The minimum Gasteiger partial charge on any atom is -0.345 e. The van der Waals surface area contributed by atoms with Gasteiger partial charge in [-0.05, 0) is 24.3 Å². The number of likely N-dealkylation sites (tertiary alicyclic amines) is 1. The van der Waals surface area contributed by atoms with Crippen LogP contribution < -0.4 is 0 Å². The molecular formula is C13H19ClN2O3S. The minimum atomic E-state index is -3.81. The predicted octanol–water partition coefficient (Wildman–Crippen LogP) is 2.21. The fourth-order valence-electron chi connectivity index (χ4n) is 2.64. The summed E-state index contributed by atoms with van der Waals surface area (Å²) < 4.78 is 24.2. The maximum absolute atomic E-state index is 12.5. The van der Waals surface area contributed by atoms with Gasteiger partial charge in [-0.1, -0.05) is 13.8 Å². The highest BCUT2D eigenvalue weighted by Gasteiger charge is 2.31. The van der Waals surface area contributed by atoms with Crippen LogP contribution in [0.3, 0.4) is 0 Å². The van der Waals surface area contributed by atoms with Crippen LogP contribution in [0.2, 0.25) is 0 Å². The minimum absolute atomic E-state index is 0.0405. The lowest BCUT2D eigenvalue weighted by Crippen LogP contribution is -2.44. The van der Waals surface area contributed by atoms with Crippen molar-refractivity contribution in [1.29, 1.82) is 0 Å². The molecule has 0 unspecified atom stereocenters. The number of halogens is 1. The molecule has 0 bridgehead atoms. The van der Waals surface area contributed by atoms with Crippen molar-refractivity contribution >= 4 is 25.6 Å². The first kappa shape index (κ1) is 15.4. The van der Waals surface area contributed by atoms with Gasteiger partial charge in [0.15, 0.2) is 0 Å². The van der Waals surface area contributed by atoms with E-state index in [-0.39, 0.29) is 16.2 Å². The predicted molar refractivity (Wildman–Crippen MR) is 77.4 cm³/mol. The molecule has 1 aliphatic rings. The molecule has 1 amide bonds. The molecule has 0 atom stereocenters. The van der Waals surface area contributed by atoms with Crippen LogP contribution in [0.4, 0.5) is 0 Å². The SMILES string of the molecule is Cn1cc(S(=O)(=O)Cl)cc1C(=O)N1CCCC(C)(C)C1. The van der Waals surface area contributed by atoms with Crippen molar-refractivity contribution in [3.8, 4) is 0 Å². The largest absolute Gasteiger partial charge is 0.345 e. The molecular weight excluding hydrogens is 300 g/mol. The van der Waals surface area contributed by atoms with Crippen molar-refractivity contribution in [2.45, 2.75) is 31.6 Å². The number of hydrogen-bond donors (Lipinski definition) is 0. The molecule has 1 aromatic rings. The molecule has 20 heavy (non-hydrogen) atoms. The van der Waals surface area contributed by atoms with Gasteiger partial charge in [-0.2, -0.15) is 0 Å². The van der Waals surface area contributed by atoms with Gasteiger partial charge in [0.05, 0.1) is 0 Å². The number of carbonyl (C=O) groups excluding carboxylic acids is 1. The first-order valence-electron chi connectivity index (χ1n) is 6.50. The van der Waals surface area contributed by atoms with E-state index >= 15 is 0 Å². The summed E-state index contributed by atoms with van der Waals surface area (Å²) in [5.41, 5.74) is 0.447. The molecule has 1 saturated heterocycles. The lowest BCUT2D eigenvalue weighted by atomic mass is 9.84. The topological polar surface area (TPSA) is 59.4 Å². The molecule has 1 fully saturated rings. The summed E-state index contributed by atoms with van der Waals surface area (Å²) in [6.07, 6.45) is 3.42. The Morgan fingerprint density at radius 1 is 1.40 bits per heavy atom. The van der Waals surface area contributed by atoms with Gasteiger partial charge in [-0.15, -0.1) is 0 Å². The summed E-state index contributed by atoms with van der Waals surface area (Å²) in [5, 5.41) is 0. The van der Waals surface area contributed by atoms with Crippen LogP contribution in [-0.2, 0) is 16.1 Å². The summed E-state index contributed by atoms with van der Waals surface area (Å²) in [6, 6.07) is 1.34. The van der Waals surface area contributed by atoms with E-state index in [1.807, 2.05) is 0 Å². The molecule has 0 aromatic carbocycles. The van der Waals surface area contributed by atoms with Crippen molar-refractivity contribution in [1.82, 2.24) is 9.47 Å². The summed E-state index contributed by atoms with van der Waals surface area (Å²) in [4.78, 5) is 14.3. The molecule has 0 saturated carbocycles. The first-order chi connectivity index (χ1) is 9.10. The lowest BCUT2D eigenvalue weighted by Gasteiger charge is -2.38. The van der Waals surface area contributed by atoms with Gasteiger partial charge >= 0.3 is 0 Å². The van der Waals surface area contributed by atoms with Crippen LogP contribution in [0.5, 0.6) is 0 Å². The summed E-state index contributed by atoms with van der Waals surface area (Å²) in [5.74, 6) is -0.146. The number of piperidine rings is 1. The fraction of sp³-hybridized carbons (Fsp3) is 0.615. The summed E-state index contributed by atoms with van der Waals surface area (Å²) in [7, 11) is 3.15. The van der Waals surface area contributed by atoms with E-state index in [9.17, 15) is 13.2 Å². The number of carbonyl (C=O) groups is 1. The number of amides is 1. The highest BCUT2D eigenvalue weighted by molar-refractivity contribution is 8.13. The van der Waals surface area contributed by atoms with Crippen LogP contribution in [0.25, 0.3) is 0 Å². The van der Waals surface area contributed by atoms with Gasteiger partial charge < -0.3 is 9.47 Å². The van der Waals surface area contributed by atoms with Crippen molar-refractivity contribution in [3.05, 3.63) is 18.0 Å². The Hall–Kier alpha value is -1.01. The third kappa shape index (κ3) is 3.17. The second-order valence-electron chi connectivity index (χ2n) is 6.10. The number of aromatic nitrogens is 1. The highest BCUT2D eigenvalue weighted by Crippen LogP contribution is 2.29. The molecule has 1 aliphatic heterocycles. The quantitative estimate of drug-likeness (QED) is 0.786. The Bertz CT molecular complexity index is 634. The van der Waals surface area contributed by atoms with Crippen LogP contribution in [0.15, 0.2) is 17.2 Å². The van der Waals surface area contributed by atoms with E-state index in [1.165, 1.54) is 16.8 Å². The molecule has 112 valence electrons. The van der Waals surface area contributed by atoms with E-state index in [4.69, 9.17) is 10.7 Å². The Balaban J connectivity index is 2.28. The first-order valence-corrected chi connectivity index (χ1v) is 8.81. The van der Waals surface area contributed by atoms with E-state index < -0.39 is 9.05 Å². The zero-order valence-corrected chi connectivity index (χ0v) is 13.5. The normalized spacial score (nSPS) is 19.1. The van der Waals surface area contributed by atoms with Crippen LogP contribution >= 0.6 is 10.7 Å². The van der Waals surface area contributed by atoms with Gasteiger partial charge in [0.1, 0.15) is 10.6 Å². The molecule has 2 rings (SSSR count). The maximum atomic E-state index is 12.5. The Labute approximate surface area is 123 Å². The maximum Gasteiger partial charge on any atom is 0.270 e. The Kier molecular flexibility index (Phi) is 3.90. The average molecular weight is 319 g/mol. The molecule has 2 heterocycles. The van der Waals surface area contributed by atoms with E-state index in [2.05, 4.69) is 13.8 Å². The van der Waals surface area contributed by atoms with Gasteiger partial charge in [-0.3, -0.25) is 4.79 Å². The van der Waals surface area contributed by atoms with Crippen molar-refractivity contribution in [2.24, 2.45) is 12.5 Å². The van der Waals surface area contributed by atoms with E-state index in [1.54, 1.807) is 11.9 Å². The Morgan fingerprint density at radius 2 is 2.05 bits per heavy atom. The van der Waals surface area contributed by atoms with Crippen LogP contribution in [-0.4, -0.2) is 36.9 Å². The van der Waals surface area contributed by atoms with Crippen LogP contribution in [0, 0.1) is 5.41 Å². The summed E-state index contributed by atoms with van der Waals surface area (Å²) in [6.45, 7) is 5.65. The number of hydrogen-bond acceptors (Lipinski definition) is 3. The standard InChI is InChI=1S/C13H19ClN2O3S/c1-13(2)5-4-6-16(9-13)12(17)11-7-10(8-15(11)3)20(14,18)19/h7-8H,4-6,9H2,1-3H3. The second-order valence-corrected chi connectivity index (χ2v) is 8.67. The molecule has 0 spiro atoms. The van der Waals surface area contributed by atoms with E-state index in [0.29, 0.717) is 18.8 Å². The number of rotatable bonds is 2. The molecule has 0 N–H and O–H groups in total. The molecule has 0 aliphatic carbocycles. The van der Waals surface area contributed by atoms with Crippen molar-refractivity contribution < 1.29 is 13.2 Å². The molecule has 1 aromatic heterocycles. The van der Waals surface area contributed by atoms with Gasteiger partial charge in [-0.25, -0.2) is 8.42 Å². The monoisotopic (exact) mass is 318 g/mol. The van der Waals surface area contributed by atoms with E-state index in [0.717, 1.165) is 12.8 Å². The number of aryl methyl sites for hydroxylation is 1. The second kappa shape index (κ2) is 5.07. The summed E-state index contributed by atoms with van der Waals surface area (Å²) >= 11 is 0. The lowest BCUT2D eigenvalue weighted by molar-refractivity contribution is 0.0574. The zero-order chi connectivity index (χ0) is 15.1. The van der Waals surface area contributed by atoms with Crippen LogP contribution in [0.1, 0.15) is 37.2 Å². The zero-order valence-electron chi connectivity index (χ0n) is 11.9. The molecule has 5 nitrogen and oxygen atoms in total. The number of nitrogens with zero attached hydrogens (tertiary/aromatic N) is 2. The van der Waals surface area contributed by atoms with Gasteiger partial charge in [0, 0.05) is 37.0 Å². The third-order valence-corrected chi connectivity index (χ3v) is 4.99. The van der Waals surface area contributed by atoms with Gasteiger partial charge in [0.2, 0.25) is 0 Å². The highest BCUT2D eigenvalue weighted by atomic mass is 35.7. The van der Waals surface area contributed by atoms with Crippen molar-refractivity contribution in [3.63, 3.8) is 0 Å². The smallest absolute Gasteiger partial charge is 0.270 e. The van der Waals surface area contributed by atoms with Gasteiger partial charge in [0.25, 0.3) is 15.0 Å². The Morgan fingerprint density at radius 3 is 2.55 bits per heavy atom. The molecule has 7 heteroatoms. The molecule has 0 radical (unpaired) electrons. The third-order valence-electron chi connectivity index (χ3n) is 3.67.